The zero-order valence-corrected chi connectivity index (χ0v) is 19.6. The summed E-state index contributed by atoms with van der Waals surface area (Å²) in [5, 5.41) is 0.239. The highest BCUT2D eigenvalue weighted by Gasteiger charge is 2.44. The molecule has 2 amide bonds. The molecule has 6 nitrogen and oxygen atoms in total. The van der Waals surface area contributed by atoms with Crippen LogP contribution in [-0.2, 0) is 16.0 Å². The molecule has 0 unspecified atom stereocenters. The SMILES string of the molecule is Cc1ccc(C(=O)COC(=O)[C@H](Cc2ccccc2)N2C(=O)c3cc(Cl)c(Cl)cc3C2=O)cc1. The average Bonchev–Trinajstić information content (AvgIpc) is 3.06. The van der Waals surface area contributed by atoms with Crippen molar-refractivity contribution in [2.24, 2.45) is 0 Å². The third-order valence-electron chi connectivity index (χ3n) is 5.53. The van der Waals surface area contributed by atoms with Crippen LogP contribution in [-0.4, -0.2) is 41.1 Å². The number of benzene rings is 3. The van der Waals surface area contributed by atoms with E-state index >= 15 is 0 Å². The van der Waals surface area contributed by atoms with Gasteiger partial charge in [-0.2, -0.15) is 0 Å². The van der Waals surface area contributed by atoms with E-state index in [0.29, 0.717) is 11.1 Å². The minimum atomic E-state index is -1.28. The van der Waals surface area contributed by atoms with Gasteiger partial charge in [0.25, 0.3) is 11.8 Å². The van der Waals surface area contributed by atoms with Crippen molar-refractivity contribution in [1.82, 2.24) is 4.90 Å². The molecule has 1 atom stereocenters. The molecule has 0 bridgehead atoms. The van der Waals surface area contributed by atoms with Gasteiger partial charge in [0, 0.05) is 12.0 Å². The summed E-state index contributed by atoms with van der Waals surface area (Å²) in [4.78, 5) is 52.7. The van der Waals surface area contributed by atoms with Crippen LogP contribution in [0.3, 0.4) is 0 Å². The van der Waals surface area contributed by atoms with Gasteiger partial charge in [0.05, 0.1) is 21.2 Å². The Kier molecular flexibility index (Phi) is 6.82. The number of aryl methyl sites for hydroxylation is 1. The molecule has 172 valence electrons. The molecule has 0 radical (unpaired) electrons. The number of halogens is 2. The average molecular weight is 496 g/mol. The van der Waals surface area contributed by atoms with Gasteiger partial charge >= 0.3 is 5.97 Å². The van der Waals surface area contributed by atoms with Crippen LogP contribution in [0.2, 0.25) is 10.0 Å². The molecule has 0 saturated heterocycles. The molecule has 34 heavy (non-hydrogen) atoms. The molecule has 4 rings (SSSR count). The maximum absolute atomic E-state index is 13.1. The summed E-state index contributed by atoms with van der Waals surface area (Å²) in [6.45, 7) is 1.37. The molecular weight excluding hydrogens is 477 g/mol. The van der Waals surface area contributed by atoms with Crippen molar-refractivity contribution in [2.75, 3.05) is 6.61 Å². The number of amides is 2. The molecule has 0 aliphatic carbocycles. The van der Waals surface area contributed by atoms with Gasteiger partial charge in [-0.15, -0.1) is 0 Å². The lowest BCUT2D eigenvalue weighted by Gasteiger charge is -2.24. The van der Waals surface area contributed by atoms with Crippen molar-refractivity contribution in [2.45, 2.75) is 19.4 Å². The smallest absolute Gasteiger partial charge is 0.330 e. The first-order chi connectivity index (χ1) is 16.3. The highest BCUT2D eigenvalue weighted by atomic mass is 35.5. The van der Waals surface area contributed by atoms with Crippen molar-refractivity contribution in [1.29, 1.82) is 0 Å². The van der Waals surface area contributed by atoms with Crippen molar-refractivity contribution >= 4 is 46.8 Å². The molecule has 0 fully saturated rings. The van der Waals surface area contributed by atoms with E-state index in [1.165, 1.54) is 12.1 Å². The second kappa shape index (κ2) is 9.79. The van der Waals surface area contributed by atoms with Crippen LogP contribution in [0.15, 0.2) is 66.7 Å². The van der Waals surface area contributed by atoms with Crippen LogP contribution in [0.1, 0.15) is 42.2 Å². The molecule has 0 N–H and O–H groups in total. The number of Topliss-reactive ketones (excluding diaryl/α,β-unsaturated/α-hetero) is 1. The Balaban J connectivity index is 1.60. The normalized spacial score (nSPS) is 13.6. The van der Waals surface area contributed by atoms with Crippen LogP contribution in [0, 0.1) is 6.92 Å². The summed E-state index contributed by atoms with van der Waals surface area (Å²) >= 11 is 12.1. The zero-order chi connectivity index (χ0) is 24.4. The van der Waals surface area contributed by atoms with Crippen molar-refractivity contribution in [3.05, 3.63) is 105 Å². The predicted octanol–water partition coefficient (Wildman–Crippen LogP) is 4.94. The van der Waals surface area contributed by atoms with Gasteiger partial charge in [-0.25, -0.2) is 4.79 Å². The molecule has 3 aromatic carbocycles. The fraction of sp³-hybridized carbons (Fsp3) is 0.154. The number of rotatable bonds is 7. The number of ether oxygens (including phenoxy) is 1. The van der Waals surface area contributed by atoms with Crippen molar-refractivity contribution in [3.63, 3.8) is 0 Å². The number of ketones is 1. The number of fused-ring (bicyclic) bond motifs is 1. The van der Waals surface area contributed by atoms with Crippen LogP contribution in [0.25, 0.3) is 0 Å². The monoisotopic (exact) mass is 495 g/mol. The van der Waals surface area contributed by atoms with Gasteiger partial charge in [0.15, 0.2) is 12.4 Å². The Morgan fingerprint density at radius 1 is 0.882 bits per heavy atom. The number of carbonyl (C=O) groups is 4. The minimum Gasteiger partial charge on any atom is -0.456 e. The number of esters is 1. The lowest BCUT2D eigenvalue weighted by molar-refractivity contribution is -0.147. The first-order valence-electron chi connectivity index (χ1n) is 10.4. The van der Waals surface area contributed by atoms with E-state index in [-0.39, 0.29) is 27.6 Å². The van der Waals surface area contributed by atoms with Gasteiger partial charge in [0.2, 0.25) is 0 Å². The number of hydrogen-bond donors (Lipinski definition) is 0. The Labute approximate surface area is 206 Å². The first-order valence-corrected chi connectivity index (χ1v) is 11.2. The van der Waals surface area contributed by atoms with E-state index < -0.39 is 36.2 Å². The summed E-state index contributed by atoms with van der Waals surface area (Å²) in [7, 11) is 0. The number of imide groups is 1. The summed E-state index contributed by atoms with van der Waals surface area (Å²) in [6, 6.07) is 17.1. The van der Waals surface area contributed by atoms with Crippen LogP contribution in [0.4, 0.5) is 0 Å². The molecule has 1 heterocycles. The molecule has 0 saturated carbocycles. The molecule has 3 aromatic rings. The third-order valence-corrected chi connectivity index (χ3v) is 6.26. The van der Waals surface area contributed by atoms with Gasteiger partial charge in [-0.3, -0.25) is 19.3 Å². The molecule has 1 aliphatic heterocycles. The summed E-state index contributed by atoms with van der Waals surface area (Å²) in [5.74, 6) is -2.62. The number of carbonyl (C=O) groups excluding carboxylic acids is 4. The van der Waals surface area contributed by atoms with Gasteiger partial charge in [-0.05, 0) is 24.6 Å². The van der Waals surface area contributed by atoms with Crippen molar-refractivity contribution < 1.29 is 23.9 Å². The largest absolute Gasteiger partial charge is 0.456 e. The Morgan fingerprint density at radius 3 is 2.00 bits per heavy atom. The topological polar surface area (TPSA) is 80.8 Å². The maximum atomic E-state index is 13.1. The molecule has 0 aromatic heterocycles. The van der Waals surface area contributed by atoms with E-state index in [1.54, 1.807) is 48.5 Å². The lowest BCUT2D eigenvalue weighted by atomic mass is 10.0. The number of nitrogens with zero attached hydrogens (tertiary/aromatic N) is 1. The summed E-state index contributed by atoms with van der Waals surface area (Å²) < 4.78 is 5.29. The molecule has 0 spiro atoms. The second-order valence-electron chi connectivity index (χ2n) is 7.89. The quantitative estimate of drug-likeness (QED) is 0.263. The third kappa shape index (κ3) is 4.74. The van der Waals surface area contributed by atoms with Gasteiger partial charge in [-0.1, -0.05) is 83.4 Å². The Morgan fingerprint density at radius 2 is 1.44 bits per heavy atom. The standard InChI is InChI=1S/C26H19Cl2NO5/c1-15-7-9-17(10-8-15)23(30)14-34-26(33)22(11-16-5-3-2-4-6-16)29-24(31)18-12-20(27)21(28)13-19(18)25(29)32/h2-10,12-13,22H,11,14H2,1H3/t22-/m0/s1. The summed E-state index contributed by atoms with van der Waals surface area (Å²) in [5.41, 5.74) is 2.20. The molecule has 1 aliphatic rings. The highest BCUT2D eigenvalue weighted by Crippen LogP contribution is 2.33. The molecule has 8 heteroatoms. The first kappa shape index (κ1) is 23.7. The second-order valence-corrected chi connectivity index (χ2v) is 8.71. The Bertz CT molecular complexity index is 1250. The van der Waals surface area contributed by atoms with Crippen LogP contribution < -0.4 is 0 Å². The van der Waals surface area contributed by atoms with E-state index in [9.17, 15) is 19.2 Å². The fourth-order valence-corrected chi connectivity index (χ4v) is 4.04. The predicted molar refractivity (Wildman–Crippen MR) is 127 cm³/mol. The van der Waals surface area contributed by atoms with E-state index in [1.807, 2.05) is 13.0 Å². The zero-order valence-electron chi connectivity index (χ0n) is 18.1. The van der Waals surface area contributed by atoms with E-state index in [2.05, 4.69) is 0 Å². The lowest BCUT2D eigenvalue weighted by Crippen LogP contribution is -2.47. The number of hydrogen-bond acceptors (Lipinski definition) is 5. The van der Waals surface area contributed by atoms with Gasteiger partial charge in [0.1, 0.15) is 6.04 Å². The maximum Gasteiger partial charge on any atom is 0.330 e. The highest BCUT2D eigenvalue weighted by molar-refractivity contribution is 6.43. The van der Waals surface area contributed by atoms with E-state index in [0.717, 1.165) is 10.5 Å². The Hall–Kier alpha value is -3.48. The molecular formula is C26H19Cl2NO5. The van der Waals surface area contributed by atoms with Crippen LogP contribution in [0.5, 0.6) is 0 Å². The van der Waals surface area contributed by atoms with Gasteiger partial charge < -0.3 is 4.74 Å². The van der Waals surface area contributed by atoms with Crippen molar-refractivity contribution in [3.8, 4) is 0 Å². The fourth-order valence-electron chi connectivity index (χ4n) is 3.71. The summed E-state index contributed by atoms with van der Waals surface area (Å²) in [6.07, 6.45) is 0.0192. The van der Waals surface area contributed by atoms with E-state index in [4.69, 9.17) is 27.9 Å². The van der Waals surface area contributed by atoms with Crippen LogP contribution >= 0.6 is 23.2 Å². The minimum absolute atomic E-state index is 0.0192.